The zero-order valence-electron chi connectivity index (χ0n) is 26.4. The van der Waals surface area contributed by atoms with Crippen molar-refractivity contribution in [2.24, 2.45) is 0 Å². The zero-order valence-corrected chi connectivity index (χ0v) is 28.7. The number of thioether (sulfide) groups is 1. The number of hydrogen-bond donors (Lipinski definition) is 3. The van der Waals surface area contributed by atoms with Gasteiger partial charge in [0, 0.05) is 32.1 Å². The van der Waals surface area contributed by atoms with Gasteiger partial charge in [0.2, 0.25) is 5.91 Å². The van der Waals surface area contributed by atoms with Crippen LogP contribution in [0.15, 0.2) is 137 Å². The van der Waals surface area contributed by atoms with Gasteiger partial charge >= 0.3 is 0 Å². The van der Waals surface area contributed by atoms with Crippen LogP contribution < -0.4 is 16.0 Å². The molecule has 0 saturated carbocycles. The normalized spacial score (nSPS) is 11.9. The molecule has 6 aromatic rings. The summed E-state index contributed by atoms with van der Waals surface area (Å²) in [6, 6.07) is 37.2. The Morgan fingerprint density at radius 2 is 1.59 bits per heavy atom. The van der Waals surface area contributed by atoms with Gasteiger partial charge in [-0.2, -0.15) is 0 Å². The molecule has 3 amide bonds. The van der Waals surface area contributed by atoms with Gasteiger partial charge in [-0.3, -0.25) is 14.4 Å². The molecule has 0 bridgehead atoms. The molecule has 1 heterocycles. The first-order chi connectivity index (χ1) is 23.8. The first-order valence-electron chi connectivity index (χ1n) is 15.5. The van der Waals surface area contributed by atoms with Gasteiger partial charge in [-0.05, 0) is 77.4 Å². The second-order valence-corrected chi connectivity index (χ2v) is 13.6. The van der Waals surface area contributed by atoms with Gasteiger partial charge in [-0.15, -0.1) is 23.1 Å². The fraction of sp³-hybridized carbons (Fsp3) is 0.0769. The van der Waals surface area contributed by atoms with E-state index in [1.165, 1.54) is 23.1 Å². The van der Waals surface area contributed by atoms with Crippen LogP contribution in [-0.2, 0) is 9.59 Å². The summed E-state index contributed by atoms with van der Waals surface area (Å²) in [7, 11) is 0. The van der Waals surface area contributed by atoms with Crippen LogP contribution in [0.3, 0.4) is 0 Å². The van der Waals surface area contributed by atoms with Gasteiger partial charge in [0.15, 0.2) is 5.13 Å². The van der Waals surface area contributed by atoms with Crippen LogP contribution in [0.1, 0.15) is 29.3 Å². The van der Waals surface area contributed by atoms with E-state index in [1.807, 2.05) is 48.7 Å². The number of anilines is 2. The lowest BCUT2D eigenvalue weighted by atomic mass is 10.1. The van der Waals surface area contributed by atoms with Crippen molar-refractivity contribution < 1.29 is 14.4 Å². The molecule has 7 nitrogen and oxygen atoms in total. The van der Waals surface area contributed by atoms with E-state index in [2.05, 4.69) is 45.2 Å². The number of benzene rings is 5. The van der Waals surface area contributed by atoms with Gasteiger partial charge in [-0.25, -0.2) is 4.98 Å². The molecule has 6 rings (SSSR count). The summed E-state index contributed by atoms with van der Waals surface area (Å²) in [6.07, 6.45) is 2.17. The maximum atomic E-state index is 13.5. The number of hydrogen-bond acceptors (Lipinski definition) is 6. The largest absolute Gasteiger partial charge is 0.321 e. The molecule has 1 unspecified atom stereocenters. The van der Waals surface area contributed by atoms with Crippen LogP contribution in [0.4, 0.5) is 10.8 Å². The number of aromatic nitrogens is 1. The maximum absolute atomic E-state index is 13.5. The van der Waals surface area contributed by atoms with Crippen molar-refractivity contribution >= 4 is 80.1 Å². The van der Waals surface area contributed by atoms with Crippen molar-refractivity contribution in [1.29, 1.82) is 0 Å². The van der Waals surface area contributed by atoms with Gasteiger partial charge in [-0.1, -0.05) is 91.3 Å². The third-order valence-electron chi connectivity index (χ3n) is 7.52. The highest BCUT2D eigenvalue weighted by Gasteiger charge is 2.21. The van der Waals surface area contributed by atoms with E-state index in [0.717, 1.165) is 26.9 Å². The molecule has 0 radical (unpaired) electrons. The van der Waals surface area contributed by atoms with E-state index in [-0.39, 0.29) is 11.6 Å². The molecule has 244 valence electrons. The Labute approximate surface area is 297 Å². The molecule has 5 aromatic carbocycles. The topological polar surface area (TPSA) is 100 Å². The SMILES string of the molecule is CCC(Sc1cccc(NC(=O)/C(=C/c2ccc(Cl)cc2)NC(=O)c2ccccc2)c1)C(=O)Nc1nc(-c2ccc3ccccc3c2)cs1. The fourth-order valence-corrected chi connectivity index (χ4v) is 6.86. The maximum Gasteiger partial charge on any atom is 0.272 e. The smallest absolute Gasteiger partial charge is 0.272 e. The van der Waals surface area contributed by atoms with Crippen molar-refractivity contribution in [3.8, 4) is 11.3 Å². The van der Waals surface area contributed by atoms with E-state index in [0.29, 0.717) is 33.4 Å². The molecule has 0 aliphatic carbocycles. The highest BCUT2D eigenvalue weighted by molar-refractivity contribution is 8.00. The Kier molecular flexibility index (Phi) is 10.8. The van der Waals surface area contributed by atoms with Gasteiger partial charge < -0.3 is 16.0 Å². The summed E-state index contributed by atoms with van der Waals surface area (Å²) in [6.45, 7) is 1.95. The Hall–Kier alpha value is -5.22. The molecule has 0 aliphatic heterocycles. The lowest BCUT2D eigenvalue weighted by Crippen LogP contribution is -2.30. The number of rotatable bonds is 11. The molecule has 0 saturated heterocycles. The second-order valence-electron chi connectivity index (χ2n) is 11.0. The van der Waals surface area contributed by atoms with Crippen molar-refractivity contribution in [2.75, 3.05) is 10.6 Å². The van der Waals surface area contributed by atoms with Crippen molar-refractivity contribution in [3.63, 3.8) is 0 Å². The minimum atomic E-state index is -0.503. The number of nitrogens with one attached hydrogen (secondary N) is 3. The number of carbonyl (C=O) groups is 3. The van der Waals surface area contributed by atoms with Crippen LogP contribution in [-0.4, -0.2) is 28.0 Å². The number of amides is 3. The highest BCUT2D eigenvalue weighted by atomic mass is 35.5. The highest BCUT2D eigenvalue weighted by Crippen LogP contribution is 2.31. The molecule has 1 aromatic heterocycles. The third kappa shape index (κ3) is 8.83. The average molecular weight is 703 g/mol. The van der Waals surface area contributed by atoms with Gasteiger partial charge in [0.1, 0.15) is 5.70 Å². The van der Waals surface area contributed by atoms with Crippen LogP contribution in [0.5, 0.6) is 0 Å². The summed E-state index contributed by atoms with van der Waals surface area (Å²) in [5.74, 6) is -1.07. The standard InChI is InChI=1S/C39H31ClN4O3S2/c1-2-35(38(47)44-39-43-34(24-48-39)29-18-17-26-9-6-7-12-28(26)22-29)49-32-14-8-13-31(23-32)41-37(46)33(21-25-15-19-30(40)20-16-25)42-36(45)27-10-4-3-5-11-27/h3-24,35H,2H2,1H3,(H,41,46)(H,42,45)(H,43,44,47)/b33-21-. The monoisotopic (exact) mass is 702 g/mol. The molecule has 49 heavy (non-hydrogen) atoms. The van der Waals surface area contributed by atoms with E-state index in [9.17, 15) is 14.4 Å². The van der Waals surface area contributed by atoms with Gasteiger partial charge in [0.25, 0.3) is 11.8 Å². The van der Waals surface area contributed by atoms with E-state index in [4.69, 9.17) is 11.6 Å². The lowest BCUT2D eigenvalue weighted by Gasteiger charge is -2.15. The predicted molar refractivity (Wildman–Crippen MR) is 202 cm³/mol. The van der Waals surface area contributed by atoms with Crippen LogP contribution >= 0.6 is 34.7 Å². The van der Waals surface area contributed by atoms with Crippen molar-refractivity contribution in [3.05, 3.63) is 149 Å². The average Bonchev–Trinajstić information content (AvgIpc) is 3.59. The quantitative estimate of drug-likeness (QED) is 0.0923. The molecule has 1 atom stereocenters. The number of fused-ring (bicyclic) bond motifs is 1. The van der Waals surface area contributed by atoms with Crippen LogP contribution in [0.25, 0.3) is 28.1 Å². The number of carbonyl (C=O) groups excluding carboxylic acids is 3. The molecule has 0 spiro atoms. The van der Waals surface area contributed by atoms with Crippen LogP contribution in [0.2, 0.25) is 5.02 Å². The summed E-state index contributed by atoms with van der Waals surface area (Å²) in [4.78, 5) is 45.3. The Balaban J connectivity index is 1.13. The first kappa shape index (κ1) is 33.7. The second kappa shape index (κ2) is 15.8. The van der Waals surface area contributed by atoms with E-state index in [1.54, 1.807) is 66.7 Å². The summed E-state index contributed by atoms with van der Waals surface area (Å²) < 4.78 is 0. The summed E-state index contributed by atoms with van der Waals surface area (Å²) in [5.41, 5.74) is 3.48. The minimum absolute atomic E-state index is 0.0616. The molecular weight excluding hydrogens is 672 g/mol. The number of thiazole rings is 1. The van der Waals surface area contributed by atoms with Crippen LogP contribution in [0, 0.1) is 0 Å². The molecule has 10 heteroatoms. The zero-order chi connectivity index (χ0) is 34.2. The Morgan fingerprint density at radius 3 is 2.37 bits per heavy atom. The first-order valence-corrected chi connectivity index (χ1v) is 17.7. The molecule has 0 aliphatic rings. The fourth-order valence-electron chi connectivity index (χ4n) is 5.00. The van der Waals surface area contributed by atoms with E-state index < -0.39 is 17.1 Å². The lowest BCUT2D eigenvalue weighted by molar-refractivity contribution is -0.116. The van der Waals surface area contributed by atoms with Crippen molar-refractivity contribution in [1.82, 2.24) is 10.3 Å². The Morgan fingerprint density at radius 1 is 0.837 bits per heavy atom. The molecular formula is C39H31ClN4O3S2. The van der Waals surface area contributed by atoms with Crippen molar-refractivity contribution in [2.45, 2.75) is 23.5 Å². The summed E-state index contributed by atoms with van der Waals surface area (Å²) >= 11 is 8.83. The number of nitrogens with zero attached hydrogens (tertiary/aromatic N) is 1. The Bertz CT molecular complexity index is 2150. The molecule has 3 N–H and O–H groups in total. The minimum Gasteiger partial charge on any atom is -0.321 e. The predicted octanol–water partition coefficient (Wildman–Crippen LogP) is 9.54. The number of halogens is 1. The van der Waals surface area contributed by atoms with Gasteiger partial charge in [0.05, 0.1) is 10.9 Å². The summed E-state index contributed by atoms with van der Waals surface area (Å²) in [5, 5.41) is 13.5. The van der Waals surface area contributed by atoms with E-state index >= 15 is 0 Å². The third-order valence-corrected chi connectivity index (χ3v) is 9.89. The molecule has 0 fully saturated rings.